The summed E-state index contributed by atoms with van der Waals surface area (Å²) in [4.78, 5) is 66.5. The van der Waals surface area contributed by atoms with Crippen LogP contribution in [0.3, 0.4) is 0 Å². The third-order valence-corrected chi connectivity index (χ3v) is 14.1. The standard InChI is InChI=1S/C36H65N3O8Si/c1-26(2)19-17-15-13-11-12-14-16-18-20-29-27(3)33(43)36(7,45)34(44)37-23-30(40)38-28(25-46-48(9,10)35(4,5)6)21-22-31(41)39(8)24-32(42)47-29/h21-22,26-29,45H,11-20,23-25H2,1-10H3,(H,37,44)(H,38,40)/b22-21+/t27-,28-,29-,36-/m1/s1. The van der Waals surface area contributed by atoms with Crippen molar-refractivity contribution in [2.45, 2.75) is 149 Å². The number of nitrogens with one attached hydrogen (secondary N) is 2. The summed E-state index contributed by atoms with van der Waals surface area (Å²) in [6.45, 7) is 16.7. The van der Waals surface area contributed by atoms with E-state index in [0.29, 0.717) is 12.8 Å². The maximum absolute atomic E-state index is 13.5. The van der Waals surface area contributed by atoms with Gasteiger partial charge in [-0.15, -0.1) is 0 Å². The molecule has 0 unspecified atom stereocenters. The highest BCUT2D eigenvalue weighted by Crippen LogP contribution is 2.36. The number of amides is 3. The zero-order valence-corrected chi connectivity index (χ0v) is 32.4. The number of cyclic esters (lactones) is 1. The number of nitrogens with zero attached hydrogens (tertiary/aromatic N) is 1. The number of aliphatic hydroxyl groups is 1. The van der Waals surface area contributed by atoms with E-state index in [1.807, 2.05) is 0 Å². The first-order valence-electron chi connectivity index (χ1n) is 17.8. The number of ether oxygens (including phenoxy) is 1. The van der Waals surface area contributed by atoms with Gasteiger partial charge >= 0.3 is 5.97 Å². The minimum Gasteiger partial charge on any atom is -0.460 e. The number of ketones is 1. The molecule has 0 spiro atoms. The zero-order valence-electron chi connectivity index (χ0n) is 31.4. The number of carbonyl (C=O) groups is 5. The van der Waals surface area contributed by atoms with Crippen LogP contribution in [0.2, 0.25) is 18.1 Å². The average Bonchev–Trinajstić information content (AvgIpc) is 2.99. The van der Waals surface area contributed by atoms with Crippen molar-refractivity contribution in [1.82, 2.24) is 15.5 Å². The Morgan fingerprint density at radius 1 is 1.02 bits per heavy atom. The Kier molecular flexibility index (Phi) is 18.3. The summed E-state index contributed by atoms with van der Waals surface area (Å²) in [6, 6.07) is -0.722. The highest BCUT2D eigenvalue weighted by molar-refractivity contribution is 6.74. The highest BCUT2D eigenvalue weighted by Gasteiger charge is 2.44. The van der Waals surface area contributed by atoms with Gasteiger partial charge in [-0.05, 0) is 43.8 Å². The van der Waals surface area contributed by atoms with Crippen LogP contribution in [0.15, 0.2) is 12.2 Å². The summed E-state index contributed by atoms with van der Waals surface area (Å²) >= 11 is 0. The molecule has 0 fully saturated rings. The molecule has 1 aliphatic heterocycles. The Bertz CT molecular complexity index is 1100. The zero-order chi connectivity index (χ0) is 36.7. The minimum absolute atomic E-state index is 0.0827. The normalized spacial score (nSPS) is 25.0. The van der Waals surface area contributed by atoms with Gasteiger partial charge in [0.25, 0.3) is 5.91 Å². The molecule has 0 aliphatic carbocycles. The Labute approximate surface area is 290 Å². The van der Waals surface area contributed by atoms with Gasteiger partial charge < -0.3 is 29.8 Å². The molecule has 3 N–H and O–H groups in total. The van der Waals surface area contributed by atoms with Gasteiger partial charge in [0.15, 0.2) is 19.7 Å². The van der Waals surface area contributed by atoms with Crippen LogP contribution in [-0.2, 0) is 33.1 Å². The summed E-state index contributed by atoms with van der Waals surface area (Å²) in [5.41, 5.74) is -2.47. The molecule has 4 atom stereocenters. The van der Waals surface area contributed by atoms with Crippen LogP contribution < -0.4 is 10.6 Å². The SMILES string of the molecule is CC(C)CCCCCCCCCC[C@H]1OC(=O)CN(C)C(=O)/C=C/[C@H](CO[Si](C)(C)C(C)(C)C)NC(=O)CNC(=O)[C@](C)(O)C(=O)[C@@H]1C. The van der Waals surface area contributed by atoms with Crippen LogP contribution in [0.4, 0.5) is 0 Å². The topological polar surface area (TPSA) is 151 Å². The number of esters is 1. The van der Waals surface area contributed by atoms with Gasteiger partial charge in [-0.2, -0.15) is 0 Å². The van der Waals surface area contributed by atoms with Gasteiger partial charge in [0.1, 0.15) is 12.6 Å². The van der Waals surface area contributed by atoms with Crippen LogP contribution in [0.25, 0.3) is 0 Å². The van der Waals surface area contributed by atoms with Crippen LogP contribution in [0.1, 0.15) is 113 Å². The van der Waals surface area contributed by atoms with Gasteiger partial charge in [-0.25, -0.2) is 0 Å². The fourth-order valence-corrected chi connectivity index (χ4v) is 6.18. The van der Waals surface area contributed by atoms with Gasteiger partial charge in [-0.1, -0.05) is 99.0 Å². The minimum atomic E-state index is -2.47. The number of carbonyl (C=O) groups excluding carboxylic acids is 5. The van der Waals surface area contributed by atoms with Crippen molar-refractivity contribution in [3.05, 3.63) is 12.2 Å². The van der Waals surface area contributed by atoms with Gasteiger partial charge in [0, 0.05) is 13.1 Å². The van der Waals surface area contributed by atoms with E-state index in [1.165, 1.54) is 63.1 Å². The molecule has 0 saturated heterocycles. The van der Waals surface area contributed by atoms with Crippen molar-refractivity contribution in [2.75, 3.05) is 26.7 Å². The van der Waals surface area contributed by atoms with Gasteiger partial charge in [0.2, 0.25) is 11.8 Å². The predicted molar refractivity (Wildman–Crippen MR) is 191 cm³/mol. The van der Waals surface area contributed by atoms with E-state index in [-0.39, 0.29) is 18.2 Å². The molecular weight excluding hydrogens is 630 g/mol. The molecule has 0 aromatic heterocycles. The molecule has 12 heteroatoms. The van der Waals surface area contributed by atoms with E-state index in [2.05, 4.69) is 58.3 Å². The third kappa shape index (κ3) is 15.3. The number of Topliss-reactive ketones (excluding diaryl/α,β-unsaturated/α-hetero) is 1. The Hall–Kier alpha value is -2.57. The lowest BCUT2D eigenvalue weighted by Crippen LogP contribution is -2.56. The quantitative estimate of drug-likeness (QED) is 0.0988. The van der Waals surface area contributed by atoms with Crippen LogP contribution in [0.5, 0.6) is 0 Å². The first-order valence-corrected chi connectivity index (χ1v) is 20.7. The molecule has 1 heterocycles. The van der Waals surface area contributed by atoms with E-state index in [4.69, 9.17) is 9.16 Å². The molecule has 11 nitrogen and oxygen atoms in total. The van der Waals surface area contributed by atoms with E-state index in [9.17, 15) is 29.1 Å². The van der Waals surface area contributed by atoms with Crippen molar-refractivity contribution < 1.29 is 38.2 Å². The van der Waals surface area contributed by atoms with Crippen molar-refractivity contribution >= 4 is 37.8 Å². The monoisotopic (exact) mass is 695 g/mol. The predicted octanol–water partition coefficient (Wildman–Crippen LogP) is 5.06. The van der Waals surface area contributed by atoms with Gasteiger partial charge in [0.05, 0.1) is 25.1 Å². The van der Waals surface area contributed by atoms with Crippen LogP contribution in [-0.4, -0.2) is 92.3 Å². The molecule has 276 valence electrons. The first-order chi connectivity index (χ1) is 22.2. The molecule has 48 heavy (non-hydrogen) atoms. The van der Waals surface area contributed by atoms with E-state index in [1.54, 1.807) is 0 Å². The smallest absolute Gasteiger partial charge is 0.325 e. The Balaban J connectivity index is 3.05. The largest absolute Gasteiger partial charge is 0.460 e. The molecule has 0 aromatic rings. The number of hydrogen-bond donors (Lipinski definition) is 3. The van der Waals surface area contributed by atoms with Crippen LogP contribution >= 0.6 is 0 Å². The molecule has 3 amide bonds. The van der Waals surface area contributed by atoms with Crippen molar-refractivity contribution in [1.29, 1.82) is 0 Å². The molecule has 1 rings (SSSR count). The molecule has 0 aromatic carbocycles. The maximum atomic E-state index is 13.5. The Morgan fingerprint density at radius 3 is 2.15 bits per heavy atom. The number of likely N-dealkylation sites (N-methyl/N-ethyl adjacent to an activating group) is 1. The van der Waals surface area contributed by atoms with E-state index >= 15 is 0 Å². The lowest BCUT2D eigenvalue weighted by molar-refractivity contribution is -0.162. The average molecular weight is 696 g/mol. The second kappa shape index (κ2) is 20.2. The summed E-state index contributed by atoms with van der Waals surface area (Å²) in [5, 5.41) is 16.0. The summed E-state index contributed by atoms with van der Waals surface area (Å²) in [5.74, 6) is -3.91. The Morgan fingerprint density at radius 2 is 1.58 bits per heavy atom. The lowest BCUT2D eigenvalue weighted by Gasteiger charge is -2.37. The van der Waals surface area contributed by atoms with E-state index < -0.39 is 68.0 Å². The van der Waals surface area contributed by atoms with Crippen molar-refractivity contribution in [3.8, 4) is 0 Å². The van der Waals surface area contributed by atoms with Crippen LogP contribution in [0, 0.1) is 11.8 Å². The first kappa shape index (κ1) is 43.4. The van der Waals surface area contributed by atoms with Crippen molar-refractivity contribution in [3.63, 3.8) is 0 Å². The lowest BCUT2D eigenvalue weighted by atomic mass is 9.85. The molecule has 1 aliphatic rings. The summed E-state index contributed by atoms with van der Waals surface area (Å²) in [6.07, 6.45) is 12.0. The maximum Gasteiger partial charge on any atom is 0.325 e. The molecule has 0 bridgehead atoms. The fourth-order valence-electron chi connectivity index (χ4n) is 5.15. The third-order valence-electron chi connectivity index (χ3n) is 9.60. The molecular formula is C36H65N3O8Si. The van der Waals surface area contributed by atoms with Gasteiger partial charge in [-0.3, -0.25) is 24.0 Å². The summed E-state index contributed by atoms with van der Waals surface area (Å²) in [7, 11) is -0.752. The summed E-state index contributed by atoms with van der Waals surface area (Å²) < 4.78 is 12.0. The number of hydrogen-bond acceptors (Lipinski definition) is 8. The number of rotatable bonds is 14. The second-order valence-corrected chi connectivity index (χ2v) is 20.3. The van der Waals surface area contributed by atoms with Crippen molar-refractivity contribution in [2.24, 2.45) is 11.8 Å². The highest BCUT2D eigenvalue weighted by atomic mass is 28.4. The van der Waals surface area contributed by atoms with E-state index in [0.717, 1.165) is 32.1 Å². The molecule has 0 radical (unpaired) electrons. The number of unbranched alkanes of at least 4 members (excludes halogenated alkanes) is 7. The second-order valence-electron chi connectivity index (χ2n) is 15.5. The fraction of sp³-hybridized carbons (Fsp3) is 0.806. The molecule has 0 saturated carbocycles.